The summed E-state index contributed by atoms with van der Waals surface area (Å²) in [6, 6.07) is 0. The van der Waals surface area contributed by atoms with Crippen molar-refractivity contribution in [2.45, 2.75) is 20.0 Å². The average Bonchev–Trinajstić information content (AvgIpc) is 2.04. The van der Waals surface area contributed by atoms with Gasteiger partial charge in [-0.1, -0.05) is 0 Å². The predicted octanol–water partition coefficient (Wildman–Crippen LogP) is 0.335. The number of H-pyrrole nitrogens is 1. The van der Waals surface area contributed by atoms with Crippen LogP contribution in [-0.4, -0.2) is 22.0 Å². The summed E-state index contributed by atoms with van der Waals surface area (Å²) in [7, 11) is 0. The van der Waals surface area contributed by atoms with Crippen molar-refractivity contribution >= 4 is 5.97 Å². The van der Waals surface area contributed by atoms with Crippen LogP contribution in [0.15, 0.2) is 17.2 Å². The molecule has 0 fully saturated rings. The van der Waals surface area contributed by atoms with E-state index in [4.69, 9.17) is 4.74 Å². The Kier molecular flexibility index (Phi) is 2.79. The standard InChI is InChI=1S/C8H10N2O3/c1-5(2)13-7(11)6-3-9-8(12)10-4-6/h3-5H,1-2H3,(H,9,10,12). The molecule has 5 heteroatoms. The zero-order valence-electron chi connectivity index (χ0n) is 7.40. The maximum atomic E-state index is 11.2. The highest BCUT2D eigenvalue weighted by atomic mass is 16.5. The van der Waals surface area contributed by atoms with Gasteiger partial charge < -0.3 is 9.72 Å². The SMILES string of the molecule is CC(C)OC(=O)c1cnc(=O)[nH]c1. The van der Waals surface area contributed by atoms with Crippen molar-refractivity contribution in [1.82, 2.24) is 9.97 Å². The fourth-order valence-corrected chi connectivity index (χ4v) is 0.736. The maximum absolute atomic E-state index is 11.2. The Morgan fingerprint density at radius 3 is 2.77 bits per heavy atom. The molecule has 1 aromatic rings. The molecule has 0 amide bonds. The van der Waals surface area contributed by atoms with Crippen LogP contribution < -0.4 is 5.69 Å². The first-order valence-electron chi connectivity index (χ1n) is 3.85. The second-order valence-electron chi connectivity index (χ2n) is 2.76. The van der Waals surface area contributed by atoms with E-state index in [1.807, 2.05) is 0 Å². The van der Waals surface area contributed by atoms with Crippen LogP contribution in [0, 0.1) is 0 Å². The highest BCUT2D eigenvalue weighted by Crippen LogP contribution is 1.98. The summed E-state index contributed by atoms with van der Waals surface area (Å²) in [6.45, 7) is 3.49. The molecule has 0 spiro atoms. The zero-order chi connectivity index (χ0) is 9.84. The number of esters is 1. The number of nitrogens with one attached hydrogen (secondary N) is 1. The molecule has 1 rings (SSSR count). The number of aromatic nitrogens is 2. The van der Waals surface area contributed by atoms with E-state index >= 15 is 0 Å². The molecule has 0 aliphatic carbocycles. The van der Waals surface area contributed by atoms with Crippen molar-refractivity contribution in [2.75, 3.05) is 0 Å². The Morgan fingerprint density at radius 2 is 2.31 bits per heavy atom. The van der Waals surface area contributed by atoms with Gasteiger partial charge in [-0.15, -0.1) is 0 Å². The van der Waals surface area contributed by atoms with Crippen LogP contribution in [0.4, 0.5) is 0 Å². The van der Waals surface area contributed by atoms with E-state index in [0.29, 0.717) is 0 Å². The molecule has 70 valence electrons. The van der Waals surface area contributed by atoms with Gasteiger partial charge >= 0.3 is 11.7 Å². The zero-order valence-corrected chi connectivity index (χ0v) is 7.40. The summed E-state index contributed by atoms with van der Waals surface area (Å²) in [4.78, 5) is 27.4. The molecule has 0 aliphatic rings. The monoisotopic (exact) mass is 182 g/mol. The van der Waals surface area contributed by atoms with Gasteiger partial charge in [-0.2, -0.15) is 0 Å². The van der Waals surface area contributed by atoms with Gasteiger partial charge in [0.1, 0.15) is 0 Å². The van der Waals surface area contributed by atoms with E-state index in [0.717, 1.165) is 0 Å². The maximum Gasteiger partial charge on any atom is 0.344 e. The topological polar surface area (TPSA) is 72.0 Å². The predicted molar refractivity (Wildman–Crippen MR) is 45.4 cm³/mol. The molecule has 0 aromatic carbocycles. The molecule has 0 saturated heterocycles. The van der Waals surface area contributed by atoms with E-state index in [1.54, 1.807) is 13.8 Å². The van der Waals surface area contributed by atoms with E-state index < -0.39 is 11.7 Å². The second kappa shape index (κ2) is 3.84. The number of nitrogens with zero attached hydrogens (tertiary/aromatic N) is 1. The van der Waals surface area contributed by atoms with Crippen molar-refractivity contribution in [3.05, 3.63) is 28.4 Å². The average molecular weight is 182 g/mol. The Bertz CT molecular complexity index is 336. The summed E-state index contributed by atoms with van der Waals surface area (Å²) in [5.74, 6) is -0.487. The number of hydrogen-bond acceptors (Lipinski definition) is 4. The Morgan fingerprint density at radius 1 is 1.62 bits per heavy atom. The normalized spacial score (nSPS) is 10.1. The van der Waals surface area contributed by atoms with Crippen molar-refractivity contribution in [3.63, 3.8) is 0 Å². The minimum atomic E-state index is -0.487. The minimum Gasteiger partial charge on any atom is -0.459 e. The number of hydrogen-bond donors (Lipinski definition) is 1. The fraction of sp³-hybridized carbons (Fsp3) is 0.375. The van der Waals surface area contributed by atoms with Gasteiger partial charge in [0.15, 0.2) is 0 Å². The fourth-order valence-electron chi connectivity index (χ4n) is 0.736. The van der Waals surface area contributed by atoms with Gasteiger partial charge in [-0.3, -0.25) is 0 Å². The van der Waals surface area contributed by atoms with Gasteiger partial charge in [0.2, 0.25) is 0 Å². The van der Waals surface area contributed by atoms with Crippen molar-refractivity contribution in [3.8, 4) is 0 Å². The lowest BCUT2D eigenvalue weighted by Crippen LogP contribution is -2.16. The third-order valence-corrected chi connectivity index (χ3v) is 1.25. The van der Waals surface area contributed by atoms with Crippen molar-refractivity contribution in [1.29, 1.82) is 0 Å². The van der Waals surface area contributed by atoms with Crippen LogP contribution in [0.3, 0.4) is 0 Å². The van der Waals surface area contributed by atoms with E-state index in [-0.39, 0.29) is 11.7 Å². The number of aromatic amines is 1. The summed E-state index contributed by atoms with van der Waals surface area (Å²) in [5.41, 5.74) is -0.241. The first kappa shape index (κ1) is 9.44. The first-order chi connectivity index (χ1) is 6.09. The molecule has 5 nitrogen and oxygen atoms in total. The number of carbonyl (C=O) groups is 1. The van der Waals surface area contributed by atoms with Gasteiger partial charge in [0, 0.05) is 12.4 Å². The van der Waals surface area contributed by atoms with Crippen LogP contribution in [0.1, 0.15) is 24.2 Å². The Balaban J connectivity index is 2.78. The lowest BCUT2D eigenvalue weighted by atomic mass is 10.3. The van der Waals surface area contributed by atoms with Crippen LogP contribution in [0.5, 0.6) is 0 Å². The Hall–Kier alpha value is -1.65. The van der Waals surface area contributed by atoms with Crippen LogP contribution >= 0.6 is 0 Å². The van der Waals surface area contributed by atoms with Crippen molar-refractivity contribution in [2.24, 2.45) is 0 Å². The number of rotatable bonds is 2. The quantitative estimate of drug-likeness (QED) is 0.669. The molecule has 0 bridgehead atoms. The molecule has 13 heavy (non-hydrogen) atoms. The van der Waals surface area contributed by atoms with E-state index in [1.165, 1.54) is 12.4 Å². The number of carbonyl (C=O) groups excluding carboxylic acids is 1. The third kappa shape index (κ3) is 2.70. The molecule has 1 heterocycles. The molecular weight excluding hydrogens is 172 g/mol. The van der Waals surface area contributed by atoms with Crippen LogP contribution in [0.2, 0.25) is 0 Å². The van der Waals surface area contributed by atoms with E-state index in [2.05, 4.69) is 9.97 Å². The lowest BCUT2D eigenvalue weighted by Gasteiger charge is -2.06. The summed E-state index contributed by atoms with van der Waals surface area (Å²) >= 11 is 0. The van der Waals surface area contributed by atoms with Crippen LogP contribution in [-0.2, 0) is 4.74 Å². The molecule has 0 atom stereocenters. The third-order valence-electron chi connectivity index (χ3n) is 1.25. The smallest absolute Gasteiger partial charge is 0.344 e. The summed E-state index contributed by atoms with van der Waals surface area (Å²) < 4.78 is 4.88. The van der Waals surface area contributed by atoms with E-state index in [9.17, 15) is 9.59 Å². The molecule has 1 aromatic heterocycles. The highest BCUT2D eigenvalue weighted by Gasteiger charge is 2.08. The largest absolute Gasteiger partial charge is 0.459 e. The van der Waals surface area contributed by atoms with Crippen molar-refractivity contribution < 1.29 is 9.53 Å². The van der Waals surface area contributed by atoms with Gasteiger partial charge in [0.05, 0.1) is 11.7 Å². The first-order valence-corrected chi connectivity index (χ1v) is 3.85. The van der Waals surface area contributed by atoms with Gasteiger partial charge in [-0.05, 0) is 13.8 Å². The molecule has 0 radical (unpaired) electrons. The Labute approximate surface area is 74.8 Å². The van der Waals surface area contributed by atoms with Crippen LogP contribution in [0.25, 0.3) is 0 Å². The molecule has 0 aliphatic heterocycles. The molecule has 0 saturated carbocycles. The van der Waals surface area contributed by atoms with Gasteiger partial charge in [0.25, 0.3) is 0 Å². The molecule has 0 unspecified atom stereocenters. The number of ether oxygens (including phenoxy) is 1. The van der Waals surface area contributed by atoms with Gasteiger partial charge in [-0.25, -0.2) is 14.6 Å². The summed E-state index contributed by atoms with van der Waals surface area (Å²) in [6.07, 6.45) is 2.28. The second-order valence-corrected chi connectivity index (χ2v) is 2.76. The molecular formula is C8H10N2O3. The lowest BCUT2D eigenvalue weighted by molar-refractivity contribution is 0.0377. The highest BCUT2D eigenvalue weighted by molar-refractivity contribution is 5.88. The minimum absolute atomic E-state index is 0.181. The summed E-state index contributed by atoms with van der Waals surface area (Å²) in [5, 5.41) is 0. The molecule has 1 N–H and O–H groups in total.